The van der Waals surface area contributed by atoms with Gasteiger partial charge in [0.25, 0.3) is 5.91 Å². The molecule has 21 heavy (non-hydrogen) atoms. The number of alkyl halides is 3. The number of anilines is 2. The summed E-state index contributed by atoms with van der Waals surface area (Å²) in [6.45, 7) is 1.74. The highest BCUT2D eigenvalue weighted by molar-refractivity contribution is 6.05. The molecule has 0 radical (unpaired) electrons. The van der Waals surface area contributed by atoms with Crippen LogP contribution in [-0.2, 0) is 6.18 Å². The number of aryl methyl sites for hydroxylation is 1. The van der Waals surface area contributed by atoms with Crippen LogP contribution in [0.15, 0.2) is 42.5 Å². The van der Waals surface area contributed by atoms with E-state index in [1.165, 1.54) is 18.2 Å². The highest BCUT2D eigenvalue weighted by atomic mass is 19.4. The molecule has 2 aromatic rings. The lowest BCUT2D eigenvalue weighted by atomic mass is 10.1. The highest BCUT2D eigenvalue weighted by Crippen LogP contribution is 2.32. The van der Waals surface area contributed by atoms with E-state index in [-0.39, 0.29) is 0 Å². The Kier molecular flexibility index (Phi) is 3.88. The molecule has 0 spiro atoms. The third-order valence-electron chi connectivity index (χ3n) is 3.00. The van der Waals surface area contributed by atoms with E-state index in [2.05, 4.69) is 5.32 Å². The fourth-order valence-corrected chi connectivity index (χ4v) is 1.88. The number of nitrogens with two attached hydrogens (primary N) is 1. The average molecular weight is 294 g/mol. The standard InChI is InChI=1S/C15H13F3N2O/c1-9-8-10(6-7-13(9)19)20-14(21)11-4-2-3-5-12(11)15(16,17)18/h2-8H,19H2,1H3,(H,20,21). The van der Waals surface area contributed by atoms with Gasteiger partial charge in [-0.25, -0.2) is 0 Å². The van der Waals surface area contributed by atoms with Crippen LogP contribution in [0.1, 0.15) is 21.5 Å². The molecule has 0 heterocycles. The summed E-state index contributed by atoms with van der Waals surface area (Å²) in [7, 11) is 0. The summed E-state index contributed by atoms with van der Waals surface area (Å²) in [5, 5.41) is 2.44. The molecular formula is C15H13F3N2O. The second-order valence-electron chi connectivity index (χ2n) is 4.57. The normalized spacial score (nSPS) is 11.2. The van der Waals surface area contributed by atoms with Crippen LogP contribution in [-0.4, -0.2) is 5.91 Å². The summed E-state index contributed by atoms with van der Waals surface area (Å²) in [5.41, 5.74) is 5.94. The summed E-state index contributed by atoms with van der Waals surface area (Å²) < 4.78 is 38.6. The van der Waals surface area contributed by atoms with Crippen molar-refractivity contribution in [2.75, 3.05) is 11.1 Å². The Hall–Kier alpha value is -2.50. The van der Waals surface area contributed by atoms with Crippen molar-refractivity contribution >= 4 is 17.3 Å². The summed E-state index contributed by atoms with van der Waals surface area (Å²) in [6.07, 6.45) is -4.58. The van der Waals surface area contributed by atoms with Crippen molar-refractivity contribution in [1.82, 2.24) is 0 Å². The SMILES string of the molecule is Cc1cc(NC(=O)c2ccccc2C(F)(F)F)ccc1N. The quantitative estimate of drug-likeness (QED) is 0.827. The van der Waals surface area contributed by atoms with E-state index in [9.17, 15) is 18.0 Å². The fraction of sp³-hybridized carbons (Fsp3) is 0.133. The molecule has 0 aliphatic heterocycles. The third-order valence-corrected chi connectivity index (χ3v) is 3.00. The van der Waals surface area contributed by atoms with Gasteiger partial charge in [0, 0.05) is 11.4 Å². The van der Waals surface area contributed by atoms with Gasteiger partial charge in [0.2, 0.25) is 0 Å². The molecular weight excluding hydrogens is 281 g/mol. The van der Waals surface area contributed by atoms with E-state index in [1.54, 1.807) is 19.1 Å². The van der Waals surface area contributed by atoms with Crippen LogP contribution in [0.4, 0.5) is 24.5 Å². The molecule has 0 aliphatic rings. The van der Waals surface area contributed by atoms with Gasteiger partial charge in [-0.15, -0.1) is 0 Å². The maximum absolute atomic E-state index is 12.9. The number of benzene rings is 2. The van der Waals surface area contributed by atoms with Crippen LogP contribution >= 0.6 is 0 Å². The van der Waals surface area contributed by atoms with E-state index in [0.717, 1.165) is 17.7 Å². The lowest BCUT2D eigenvalue weighted by molar-refractivity contribution is -0.137. The molecule has 110 valence electrons. The predicted octanol–water partition coefficient (Wildman–Crippen LogP) is 3.85. The Bertz CT molecular complexity index is 681. The monoisotopic (exact) mass is 294 g/mol. The van der Waals surface area contributed by atoms with Crippen LogP contribution < -0.4 is 11.1 Å². The minimum Gasteiger partial charge on any atom is -0.399 e. The molecule has 0 fully saturated rings. The largest absolute Gasteiger partial charge is 0.417 e. The number of halogens is 3. The molecule has 2 rings (SSSR count). The van der Waals surface area contributed by atoms with Gasteiger partial charge in [-0.1, -0.05) is 12.1 Å². The lowest BCUT2D eigenvalue weighted by Crippen LogP contribution is -2.18. The number of nitrogens with one attached hydrogen (secondary N) is 1. The molecule has 0 saturated heterocycles. The van der Waals surface area contributed by atoms with Crippen LogP contribution in [0.2, 0.25) is 0 Å². The second-order valence-corrected chi connectivity index (χ2v) is 4.57. The molecule has 6 heteroatoms. The van der Waals surface area contributed by atoms with Crippen molar-refractivity contribution in [2.24, 2.45) is 0 Å². The number of carbonyl (C=O) groups is 1. The zero-order chi connectivity index (χ0) is 15.6. The van der Waals surface area contributed by atoms with E-state index < -0.39 is 23.2 Å². The number of rotatable bonds is 2. The minimum absolute atomic E-state index is 0.392. The summed E-state index contributed by atoms with van der Waals surface area (Å²) in [6, 6.07) is 9.37. The summed E-state index contributed by atoms with van der Waals surface area (Å²) >= 11 is 0. The maximum atomic E-state index is 12.9. The molecule has 0 aromatic heterocycles. The number of nitrogen functional groups attached to an aromatic ring is 1. The first-order chi connectivity index (χ1) is 9.79. The lowest BCUT2D eigenvalue weighted by Gasteiger charge is -2.13. The number of hydrogen-bond acceptors (Lipinski definition) is 2. The summed E-state index contributed by atoms with van der Waals surface area (Å²) in [5.74, 6) is -0.813. The van der Waals surface area contributed by atoms with Crippen LogP contribution in [0.25, 0.3) is 0 Å². The fourth-order valence-electron chi connectivity index (χ4n) is 1.88. The smallest absolute Gasteiger partial charge is 0.399 e. The molecule has 3 nitrogen and oxygen atoms in total. The molecule has 0 saturated carbocycles. The zero-order valence-corrected chi connectivity index (χ0v) is 11.2. The highest BCUT2D eigenvalue weighted by Gasteiger charge is 2.34. The van der Waals surface area contributed by atoms with Crippen molar-refractivity contribution in [3.05, 3.63) is 59.2 Å². The molecule has 1 amide bonds. The van der Waals surface area contributed by atoms with E-state index in [0.29, 0.717) is 11.4 Å². The number of amides is 1. The molecule has 0 unspecified atom stereocenters. The maximum Gasteiger partial charge on any atom is 0.417 e. The second kappa shape index (κ2) is 5.47. The first kappa shape index (κ1) is 14.9. The Morgan fingerprint density at radius 1 is 1.14 bits per heavy atom. The minimum atomic E-state index is -4.58. The number of hydrogen-bond donors (Lipinski definition) is 2. The van der Waals surface area contributed by atoms with Gasteiger partial charge >= 0.3 is 6.18 Å². The molecule has 0 atom stereocenters. The van der Waals surface area contributed by atoms with Crippen molar-refractivity contribution < 1.29 is 18.0 Å². The Balaban J connectivity index is 2.31. The van der Waals surface area contributed by atoms with Crippen LogP contribution in [0.3, 0.4) is 0 Å². The first-order valence-corrected chi connectivity index (χ1v) is 6.13. The average Bonchev–Trinajstić information content (AvgIpc) is 2.42. The number of carbonyl (C=O) groups excluding carboxylic acids is 1. The van der Waals surface area contributed by atoms with Gasteiger partial charge in [-0.2, -0.15) is 13.2 Å². The Morgan fingerprint density at radius 2 is 1.81 bits per heavy atom. The van der Waals surface area contributed by atoms with Crippen molar-refractivity contribution in [3.8, 4) is 0 Å². The van der Waals surface area contributed by atoms with Crippen molar-refractivity contribution in [3.63, 3.8) is 0 Å². The van der Waals surface area contributed by atoms with Gasteiger partial charge in [0.15, 0.2) is 0 Å². The van der Waals surface area contributed by atoms with E-state index >= 15 is 0 Å². The third kappa shape index (κ3) is 3.34. The topological polar surface area (TPSA) is 55.1 Å². The van der Waals surface area contributed by atoms with Crippen molar-refractivity contribution in [2.45, 2.75) is 13.1 Å². The van der Waals surface area contributed by atoms with Gasteiger partial charge in [0.05, 0.1) is 11.1 Å². The molecule has 0 bridgehead atoms. The van der Waals surface area contributed by atoms with Crippen molar-refractivity contribution in [1.29, 1.82) is 0 Å². The Morgan fingerprint density at radius 3 is 2.43 bits per heavy atom. The Labute approximate surface area is 119 Å². The zero-order valence-electron chi connectivity index (χ0n) is 11.2. The molecule has 0 aliphatic carbocycles. The van der Waals surface area contributed by atoms with E-state index in [4.69, 9.17) is 5.73 Å². The van der Waals surface area contributed by atoms with Gasteiger partial charge in [-0.05, 0) is 42.8 Å². The van der Waals surface area contributed by atoms with E-state index in [1.807, 2.05) is 0 Å². The molecule has 3 N–H and O–H groups in total. The first-order valence-electron chi connectivity index (χ1n) is 6.13. The molecule has 2 aromatic carbocycles. The van der Waals surface area contributed by atoms with Gasteiger partial charge in [-0.3, -0.25) is 4.79 Å². The van der Waals surface area contributed by atoms with Gasteiger partial charge < -0.3 is 11.1 Å². The van der Waals surface area contributed by atoms with Gasteiger partial charge in [0.1, 0.15) is 0 Å². The summed E-state index contributed by atoms with van der Waals surface area (Å²) in [4.78, 5) is 12.0. The van der Waals surface area contributed by atoms with Crippen LogP contribution in [0.5, 0.6) is 0 Å². The predicted molar refractivity (Wildman–Crippen MR) is 75.0 cm³/mol. The van der Waals surface area contributed by atoms with Crippen LogP contribution in [0, 0.1) is 6.92 Å².